The number of hydrogen-bond acceptors (Lipinski definition) is 2. The van der Waals surface area contributed by atoms with E-state index in [0.717, 1.165) is 30.7 Å². The fourth-order valence-corrected chi connectivity index (χ4v) is 2.06. The number of nitrogens with zero attached hydrogens (tertiary/aromatic N) is 1. The zero-order chi connectivity index (χ0) is 15.3. The second-order valence-electron chi connectivity index (χ2n) is 4.90. The van der Waals surface area contributed by atoms with E-state index in [1.807, 2.05) is 19.1 Å². The van der Waals surface area contributed by atoms with Crippen LogP contribution in [0.2, 0.25) is 0 Å². The van der Waals surface area contributed by atoms with Gasteiger partial charge in [0, 0.05) is 18.4 Å². The Labute approximate surface area is 122 Å². The summed E-state index contributed by atoms with van der Waals surface area (Å²) >= 11 is 0. The molecule has 112 valence electrons. The van der Waals surface area contributed by atoms with Gasteiger partial charge >= 0.3 is 6.18 Å². The van der Waals surface area contributed by atoms with Crippen LogP contribution in [0.5, 0.6) is 0 Å². The maximum Gasteiger partial charge on any atom is 0.416 e. The number of rotatable bonds is 5. The van der Waals surface area contributed by atoms with Gasteiger partial charge in [0.15, 0.2) is 0 Å². The Morgan fingerprint density at radius 3 is 2.24 bits per heavy atom. The monoisotopic (exact) mass is 294 g/mol. The van der Waals surface area contributed by atoms with E-state index in [2.05, 4.69) is 10.3 Å². The minimum atomic E-state index is -4.28. The minimum absolute atomic E-state index is 0.00845. The van der Waals surface area contributed by atoms with Gasteiger partial charge in [-0.05, 0) is 55.3 Å². The number of halogens is 3. The van der Waals surface area contributed by atoms with Gasteiger partial charge < -0.3 is 5.32 Å². The van der Waals surface area contributed by atoms with Gasteiger partial charge in [-0.1, -0.05) is 12.1 Å². The van der Waals surface area contributed by atoms with Crippen LogP contribution >= 0.6 is 0 Å². The fraction of sp³-hybridized carbons (Fsp3) is 0.312. The molecule has 0 amide bonds. The quantitative estimate of drug-likeness (QED) is 0.901. The summed E-state index contributed by atoms with van der Waals surface area (Å²) in [6.07, 6.45) is 0.0628. The summed E-state index contributed by atoms with van der Waals surface area (Å²) in [4.78, 5) is 3.95. The van der Waals surface area contributed by atoms with Crippen LogP contribution in [0.1, 0.15) is 29.7 Å². The zero-order valence-corrected chi connectivity index (χ0v) is 11.7. The average molecular weight is 294 g/mol. The molecule has 1 unspecified atom stereocenters. The van der Waals surface area contributed by atoms with Gasteiger partial charge in [0.05, 0.1) is 5.56 Å². The van der Waals surface area contributed by atoms with Gasteiger partial charge in [-0.2, -0.15) is 13.2 Å². The Bertz CT molecular complexity index is 550. The molecule has 2 aromatic rings. The highest BCUT2D eigenvalue weighted by atomic mass is 19.4. The smallest absolute Gasteiger partial charge is 0.310 e. The van der Waals surface area contributed by atoms with E-state index in [1.165, 1.54) is 17.7 Å². The first-order chi connectivity index (χ1) is 9.97. The van der Waals surface area contributed by atoms with Crippen molar-refractivity contribution in [2.24, 2.45) is 0 Å². The third kappa shape index (κ3) is 4.56. The fourth-order valence-electron chi connectivity index (χ4n) is 2.06. The van der Waals surface area contributed by atoms with Gasteiger partial charge in [0.25, 0.3) is 0 Å². The van der Waals surface area contributed by atoms with Gasteiger partial charge in [0.2, 0.25) is 0 Å². The number of hydrogen-bond donors (Lipinski definition) is 1. The lowest BCUT2D eigenvalue weighted by molar-refractivity contribution is -0.137. The van der Waals surface area contributed by atoms with Crippen LogP contribution in [-0.4, -0.2) is 11.5 Å². The van der Waals surface area contributed by atoms with Crippen molar-refractivity contribution >= 4 is 0 Å². The van der Waals surface area contributed by atoms with Gasteiger partial charge in [0.1, 0.15) is 0 Å². The molecule has 1 aromatic heterocycles. The maximum atomic E-state index is 12.5. The number of aromatic nitrogens is 1. The van der Waals surface area contributed by atoms with Crippen LogP contribution in [0.4, 0.5) is 13.2 Å². The number of alkyl halides is 3. The Hall–Kier alpha value is -1.88. The third-order valence-electron chi connectivity index (χ3n) is 3.35. The van der Waals surface area contributed by atoms with E-state index in [0.29, 0.717) is 0 Å². The molecule has 0 saturated heterocycles. The van der Waals surface area contributed by atoms with Gasteiger partial charge in [-0.25, -0.2) is 0 Å². The lowest BCUT2D eigenvalue weighted by Gasteiger charge is -2.15. The molecule has 0 aliphatic heterocycles. The first-order valence-corrected chi connectivity index (χ1v) is 6.76. The average Bonchev–Trinajstić information content (AvgIpc) is 2.47. The normalized spacial score (nSPS) is 13.1. The summed E-state index contributed by atoms with van der Waals surface area (Å²) < 4.78 is 37.5. The molecule has 0 fully saturated rings. The van der Waals surface area contributed by atoms with E-state index < -0.39 is 11.7 Å². The first-order valence-electron chi connectivity index (χ1n) is 6.76. The van der Waals surface area contributed by atoms with Gasteiger partial charge in [-0.15, -0.1) is 0 Å². The number of benzene rings is 1. The molecule has 1 atom stereocenters. The van der Waals surface area contributed by atoms with Crippen molar-refractivity contribution in [2.75, 3.05) is 6.54 Å². The van der Waals surface area contributed by atoms with E-state index >= 15 is 0 Å². The molecule has 2 rings (SSSR count). The van der Waals surface area contributed by atoms with Crippen LogP contribution in [-0.2, 0) is 12.6 Å². The van der Waals surface area contributed by atoms with Crippen LogP contribution in [0.15, 0.2) is 48.8 Å². The number of pyridine rings is 1. The zero-order valence-electron chi connectivity index (χ0n) is 11.7. The van der Waals surface area contributed by atoms with E-state index in [-0.39, 0.29) is 6.04 Å². The summed E-state index contributed by atoms with van der Waals surface area (Å²) in [6.45, 7) is 2.70. The van der Waals surface area contributed by atoms with Crippen LogP contribution in [0.3, 0.4) is 0 Å². The van der Waals surface area contributed by atoms with Crippen LogP contribution in [0, 0.1) is 0 Å². The van der Waals surface area contributed by atoms with Gasteiger partial charge in [-0.3, -0.25) is 4.98 Å². The van der Waals surface area contributed by atoms with Crippen molar-refractivity contribution in [2.45, 2.75) is 25.6 Å². The molecule has 0 bridgehead atoms. The molecule has 0 radical (unpaired) electrons. The first kappa shape index (κ1) is 15.5. The standard InChI is InChI=1S/C16H17F3N2/c1-12(21-11-8-13-6-9-20-10-7-13)14-2-4-15(5-3-14)16(17,18)19/h2-7,9-10,12,21H,8,11H2,1H3. The van der Waals surface area contributed by atoms with Crippen molar-refractivity contribution in [3.63, 3.8) is 0 Å². The molecule has 1 heterocycles. The SMILES string of the molecule is CC(NCCc1ccncc1)c1ccc(C(F)(F)F)cc1. The van der Waals surface area contributed by atoms with Crippen molar-refractivity contribution < 1.29 is 13.2 Å². The summed E-state index contributed by atoms with van der Waals surface area (Å²) in [6, 6.07) is 9.19. The maximum absolute atomic E-state index is 12.5. The van der Waals surface area contributed by atoms with E-state index in [4.69, 9.17) is 0 Å². The summed E-state index contributed by atoms with van der Waals surface area (Å²) in [7, 11) is 0. The molecule has 0 saturated carbocycles. The third-order valence-corrected chi connectivity index (χ3v) is 3.35. The van der Waals surface area contributed by atoms with Crippen molar-refractivity contribution in [1.29, 1.82) is 0 Å². The molecule has 21 heavy (non-hydrogen) atoms. The molecule has 2 nitrogen and oxygen atoms in total. The Morgan fingerprint density at radius 1 is 1.05 bits per heavy atom. The van der Waals surface area contributed by atoms with E-state index in [1.54, 1.807) is 12.4 Å². The number of nitrogens with one attached hydrogen (secondary N) is 1. The van der Waals surface area contributed by atoms with Crippen LogP contribution < -0.4 is 5.32 Å². The molecule has 1 aromatic carbocycles. The second kappa shape index (κ2) is 6.72. The highest BCUT2D eigenvalue weighted by molar-refractivity contribution is 5.26. The highest BCUT2D eigenvalue weighted by Crippen LogP contribution is 2.29. The van der Waals surface area contributed by atoms with Crippen molar-refractivity contribution in [3.8, 4) is 0 Å². The topological polar surface area (TPSA) is 24.9 Å². The minimum Gasteiger partial charge on any atom is -0.310 e. The Morgan fingerprint density at radius 2 is 1.67 bits per heavy atom. The van der Waals surface area contributed by atoms with Crippen LogP contribution in [0.25, 0.3) is 0 Å². The molecule has 0 aliphatic rings. The van der Waals surface area contributed by atoms with Crippen molar-refractivity contribution in [1.82, 2.24) is 10.3 Å². The lowest BCUT2D eigenvalue weighted by atomic mass is 10.1. The summed E-state index contributed by atoms with van der Waals surface area (Å²) in [5.41, 5.74) is 1.41. The Kier molecular flexibility index (Phi) is 4.96. The predicted octanol–water partition coefficient (Wildman–Crippen LogP) is 3.99. The second-order valence-corrected chi connectivity index (χ2v) is 4.90. The molecular weight excluding hydrogens is 277 g/mol. The summed E-state index contributed by atoms with van der Waals surface area (Å²) in [5, 5.41) is 3.30. The largest absolute Gasteiger partial charge is 0.416 e. The molecule has 0 spiro atoms. The predicted molar refractivity (Wildman–Crippen MR) is 75.8 cm³/mol. The highest BCUT2D eigenvalue weighted by Gasteiger charge is 2.30. The van der Waals surface area contributed by atoms with Crippen molar-refractivity contribution in [3.05, 3.63) is 65.5 Å². The Balaban J connectivity index is 1.87. The molecule has 0 aliphatic carbocycles. The molecule has 5 heteroatoms. The molecule has 1 N–H and O–H groups in total. The van der Waals surface area contributed by atoms with E-state index in [9.17, 15) is 13.2 Å². The molecular formula is C16H17F3N2. The summed E-state index contributed by atoms with van der Waals surface area (Å²) in [5.74, 6) is 0. The lowest BCUT2D eigenvalue weighted by Crippen LogP contribution is -2.21.